The number of hydrogen-bond donors (Lipinski definition) is 0. The van der Waals surface area contributed by atoms with Crippen molar-refractivity contribution < 1.29 is 21.6 Å². The summed E-state index contributed by atoms with van der Waals surface area (Å²) in [5.74, 6) is 0.301. The van der Waals surface area contributed by atoms with Gasteiger partial charge in [-0.3, -0.25) is 4.79 Å². The Labute approximate surface area is 284 Å². The molecule has 1 amide bonds. The number of anilines is 1. The lowest BCUT2D eigenvalue weighted by molar-refractivity contribution is -0.123. The number of carbonyl (C=O) groups is 1. The number of piperidine rings is 3. The Bertz CT molecular complexity index is 1550. The van der Waals surface area contributed by atoms with Gasteiger partial charge in [-0.1, -0.05) is 41.8 Å². The van der Waals surface area contributed by atoms with Gasteiger partial charge in [-0.05, 0) is 113 Å². The molecule has 46 heavy (non-hydrogen) atoms. The second kappa shape index (κ2) is 15.7. The summed E-state index contributed by atoms with van der Waals surface area (Å²) in [7, 11) is -6.68. The van der Waals surface area contributed by atoms with E-state index in [1.54, 1.807) is 33.5 Å². The molecule has 0 spiro atoms. The number of carbonyl (C=O) groups excluding carboxylic acids is 1. The van der Waals surface area contributed by atoms with Gasteiger partial charge in [-0.15, -0.1) is 0 Å². The molecule has 3 fully saturated rings. The summed E-state index contributed by atoms with van der Waals surface area (Å²) in [5.41, 5.74) is 1.88. The van der Waals surface area contributed by atoms with Crippen LogP contribution in [0.3, 0.4) is 0 Å². The van der Waals surface area contributed by atoms with E-state index in [0.717, 1.165) is 64.6 Å². The maximum atomic E-state index is 13.7. The molecule has 3 heterocycles. The van der Waals surface area contributed by atoms with Crippen LogP contribution in [-0.2, 0) is 31.3 Å². The number of amides is 1. The first-order chi connectivity index (χ1) is 21.9. The lowest BCUT2D eigenvalue weighted by atomic mass is 9.90. The van der Waals surface area contributed by atoms with Crippen LogP contribution < -0.4 is 4.90 Å². The number of halogens is 2. The smallest absolute Gasteiger partial charge is 0.243 e. The van der Waals surface area contributed by atoms with Crippen LogP contribution in [0, 0.1) is 11.8 Å². The quantitative estimate of drug-likeness (QED) is 0.305. The molecule has 3 aliphatic rings. The summed E-state index contributed by atoms with van der Waals surface area (Å²) in [6.45, 7) is 5.29. The lowest BCUT2D eigenvalue weighted by Gasteiger charge is -2.35. The highest BCUT2D eigenvalue weighted by Gasteiger charge is 2.32. The van der Waals surface area contributed by atoms with Gasteiger partial charge in [0.2, 0.25) is 26.0 Å². The van der Waals surface area contributed by atoms with Crippen LogP contribution >= 0.6 is 23.2 Å². The van der Waals surface area contributed by atoms with Gasteiger partial charge < -0.3 is 9.80 Å². The minimum atomic E-state index is -3.41. The fourth-order valence-electron chi connectivity index (χ4n) is 6.93. The summed E-state index contributed by atoms with van der Waals surface area (Å²) in [5, 5.41) is 0.824. The average Bonchev–Trinajstić information content (AvgIpc) is 3.05. The largest absolute Gasteiger partial charge is 0.312 e. The van der Waals surface area contributed by atoms with Crippen molar-refractivity contribution in [1.29, 1.82) is 0 Å². The summed E-state index contributed by atoms with van der Waals surface area (Å²) in [6, 6.07) is 12.7. The van der Waals surface area contributed by atoms with Crippen LogP contribution in [0.5, 0.6) is 0 Å². The van der Waals surface area contributed by atoms with Crippen LogP contribution in [0.4, 0.5) is 5.69 Å². The molecule has 9 nitrogen and oxygen atoms in total. The second-order valence-electron chi connectivity index (χ2n) is 13.0. The molecule has 13 heteroatoms. The van der Waals surface area contributed by atoms with Gasteiger partial charge in [-0.25, -0.2) is 21.1 Å². The van der Waals surface area contributed by atoms with Gasteiger partial charge in [0.1, 0.15) is 0 Å². The fraction of sp³-hybridized carbons (Fsp3) is 0.606. The minimum absolute atomic E-state index is 0.00000434. The van der Waals surface area contributed by atoms with Crippen LogP contribution in [0.15, 0.2) is 47.4 Å². The van der Waals surface area contributed by atoms with Crippen molar-refractivity contribution in [1.82, 2.24) is 13.5 Å². The van der Waals surface area contributed by atoms with E-state index >= 15 is 0 Å². The first kappa shape index (κ1) is 35.6. The maximum absolute atomic E-state index is 13.7. The van der Waals surface area contributed by atoms with Gasteiger partial charge in [0.05, 0.1) is 21.2 Å². The van der Waals surface area contributed by atoms with E-state index in [1.165, 1.54) is 16.1 Å². The number of nitrogens with zero attached hydrogens (tertiary/aromatic N) is 4. The third-order valence-electron chi connectivity index (χ3n) is 9.72. The molecule has 0 unspecified atom stereocenters. The summed E-state index contributed by atoms with van der Waals surface area (Å²) >= 11 is 12.5. The van der Waals surface area contributed by atoms with E-state index < -0.39 is 20.0 Å². The van der Waals surface area contributed by atoms with Crippen LogP contribution in [0.2, 0.25) is 10.0 Å². The Hall–Kier alpha value is -1.73. The third-order valence-corrected chi connectivity index (χ3v) is 13.7. The minimum Gasteiger partial charge on any atom is -0.312 e. The van der Waals surface area contributed by atoms with Gasteiger partial charge >= 0.3 is 0 Å². The van der Waals surface area contributed by atoms with Gasteiger partial charge in [0.25, 0.3) is 0 Å². The normalized spacial score (nSPS) is 20.2. The lowest BCUT2D eigenvalue weighted by Crippen LogP contribution is -2.45. The van der Waals surface area contributed by atoms with Gasteiger partial charge in [-0.2, -0.15) is 4.31 Å². The highest BCUT2D eigenvalue weighted by Crippen LogP contribution is 2.31. The molecule has 254 valence electrons. The van der Waals surface area contributed by atoms with E-state index in [4.69, 9.17) is 23.2 Å². The molecule has 0 bridgehead atoms. The van der Waals surface area contributed by atoms with Crippen LogP contribution in [-0.4, -0.2) is 94.9 Å². The molecule has 3 aliphatic heterocycles. The number of hydrogen-bond acceptors (Lipinski definition) is 6. The van der Waals surface area contributed by atoms with E-state index in [-0.39, 0.29) is 11.8 Å². The van der Waals surface area contributed by atoms with Crippen molar-refractivity contribution in [3.05, 3.63) is 58.1 Å². The molecule has 0 atom stereocenters. The first-order valence-electron chi connectivity index (χ1n) is 16.4. The molecular formula is C33H46Cl2N4O5S2. The average molecular weight is 714 g/mol. The summed E-state index contributed by atoms with van der Waals surface area (Å²) in [4.78, 5) is 18.4. The molecule has 0 N–H and O–H groups in total. The maximum Gasteiger partial charge on any atom is 0.243 e. The summed E-state index contributed by atoms with van der Waals surface area (Å²) < 4.78 is 53.0. The van der Waals surface area contributed by atoms with Crippen molar-refractivity contribution in [2.75, 3.05) is 63.5 Å². The molecule has 0 aliphatic carbocycles. The zero-order chi connectivity index (χ0) is 32.9. The molecular weight excluding hydrogens is 667 g/mol. The Kier molecular flexibility index (Phi) is 12.1. The Morgan fingerprint density at radius 2 is 1.46 bits per heavy atom. The van der Waals surface area contributed by atoms with E-state index in [9.17, 15) is 21.6 Å². The van der Waals surface area contributed by atoms with Crippen LogP contribution in [0.1, 0.15) is 56.9 Å². The topological polar surface area (TPSA) is 98.3 Å². The zero-order valence-corrected chi connectivity index (χ0v) is 29.8. The second-order valence-corrected chi connectivity index (χ2v) is 17.7. The Morgan fingerprint density at radius 3 is 2.07 bits per heavy atom. The van der Waals surface area contributed by atoms with E-state index in [2.05, 4.69) is 4.90 Å². The number of likely N-dealkylation sites (tertiary alicyclic amines) is 1. The van der Waals surface area contributed by atoms with Crippen LogP contribution in [0.25, 0.3) is 0 Å². The predicted molar refractivity (Wildman–Crippen MR) is 184 cm³/mol. The Balaban J connectivity index is 1.11. The monoisotopic (exact) mass is 712 g/mol. The molecule has 0 aromatic heterocycles. The summed E-state index contributed by atoms with van der Waals surface area (Å²) in [6.07, 6.45) is 9.03. The van der Waals surface area contributed by atoms with E-state index in [1.807, 2.05) is 18.2 Å². The first-order valence-corrected chi connectivity index (χ1v) is 20.5. The number of sulfonamides is 2. The van der Waals surface area contributed by atoms with E-state index in [0.29, 0.717) is 72.1 Å². The van der Waals surface area contributed by atoms with Crippen molar-refractivity contribution in [2.45, 2.75) is 62.7 Å². The zero-order valence-electron chi connectivity index (χ0n) is 26.6. The Morgan fingerprint density at radius 1 is 0.804 bits per heavy atom. The highest BCUT2D eigenvalue weighted by atomic mass is 35.5. The van der Waals surface area contributed by atoms with Gasteiger partial charge in [0.15, 0.2) is 0 Å². The van der Waals surface area contributed by atoms with Crippen molar-refractivity contribution >= 4 is 54.8 Å². The molecule has 2 aromatic carbocycles. The van der Waals surface area contributed by atoms with Crippen molar-refractivity contribution in [3.8, 4) is 0 Å². The van der Waals surface area contributed by atoms with Crippen molar-refractivity contribution in [2.24, 2.45) is 11.8 Å². The molecule has 0 saturated carbocycles. The number of benzene rings is 2. The molecule has 2 aromatic rings. The number of rotatable bonds is 11. The van der Waals surface area contributed by atoms with Gasteiger partial charge in [0, 0.05) is 44.3 Å². The molecule has 0 radical (unpaired) electrons. The molecule has 3 saturated heterocycles. The standard InChI is InChI=1S/C33H46Cl2N4O5S2/c1-45(41,42)37-22-14-28(15-23-37)33(40)39(29-8-11-31(34)32(35)25-29)19-5-16-36-20-12-27(13-21-36)24-26-6-9-30(10-7-26)46(43,44)38-17-3-2-4-18-38/h6-11,25,27-28H,2-5,12-24H2,1H3. The SMILES string of the molecule is CS(=O)(=O)N1CCC(C(=O)N(CCCN2CCC(Cc3ccc(S(=O)(=O)N4CCCCC4)cc3)CC2)c2ccc(Cl)c(Cl)c2)CC1. The third kappa shape index (κ3) is 9.03. The molecule has 5 rings (SSSR count). The predicted octanol–water partition coefficient (Wildman–Crippen LogP) is 5.52. The highest BCUT2D eigenvalue weighted by molar-refractivity contribution is 7.89. The fourth-order valence-corrected chi connectivity index (χ4v) is 9.61. The van der Waals surface area contributed by atoms with Crippen molar-refractivity contribution in [3.63, 3.8) is 0 Å².